The Balaban J connectivity index is 2.53. The van der Waals surface area contributed by atoms with Gasteiger partial charge >= 0.3 is 0 Å². The molecule has 1 amide bonds. The fraction of sp³-hybridized carbons (Fsp3) is 0.600. The first-order chi connectivity index (χ1) is 7.17. The SMILES string of the molecule is CCc1ncc(C(=O)NC(C)CCO)s1. The molecule has 0 aliphatic rings. The third-order valence-corrected chi connectivity index (χ3v) is 3.16. The zero-order valence-corrected chi connectivity index (χ0v) is 9.80. The number of hydrogen-bond acceptors (Lipinski definition) is 4. The van der Waals surface area contributed by atoms with Crippen LogP contribution in [0, 0.1) is 0 Å². The van der Waals surface area contributed by atoms with E-state index >= 15 is 0 Å². The topological polar surface area (TPSA) is 62.2 Å². The Morgan fingerprint density at radius 3 is 3.00 bits per heavy atom. The zero-order chi connectivity index (χ0) is 11.3. The molecule has 0 saturated carbocycles. The number of aliphatic hydroxyl groups is 1. The lowest BCUT2D eigenvalue weighted by atomic mass is 10.2. The van der Waals surface area contributed by atoms with Crippen molar-refractivity contribution in [1.82, 2.24) is 10.3 Å². The molecule has 1 aromatic heterocycles. The maximum Gasteiger partial charge on any atom is 0.263 e. The summed E-state index contributed by atoms with van der Waals surface area (Å²) in [5.74, 6) is -0.104. The summed E-state index contributed by atoms with van der Waals surface area (Å²) < 4.78 is 0. The first-order valence-electron chi connectivity index (χ1n) is 5.03. The minimum absolute atomic E-state index is 0.00493. The van der Waals surface area contributed by atoms with Crippen LogP contribution >= 0.6 is 11.3 Å². The van der Waals surface area contributed by atoms with E-state index in [1.807, 2.05) is 13.8 Å². The maximum absolute atomic E-state index is 11.6. The maximum atomic E-state index is 11.6. The first-order valence-corrected chi connectivity index (χ1v) is 5.85. The molecule has 1 atom stereocenters. The van der Waals surface area contributed by atoms with Crippen LogP contribution < -0.4 is 5.32 Å². The molecule has 0 aromatic carbocycles. The fourth-order valence-electron chi connectivity index (χ4n) is 1.14. The molecule has 0 saturated heterocycles. The molecule has 0 aliphatic carbocycles. The summed E-state index contributed by atoms with van der Waals surface area (Å²) in [5.41, 5.74) is 0. The number of aryl methyl sites for hydroxylation is 1. The van der Waals surface area contributed by atoms with Gasteiger partial charge in [-0.25, -0.2) is 4.98 Å². The standard InChI is InChI=1S/C10H16N2O2S/c1-3-9-11-6-8(15-9)10(14)12-7(2)4-5-13/h6-7,13H,3-5H2,1-2H3,(H,12,14). The molecule has 5 heteroatoms. The summed E-state index contributed by atoms with van der Waals surface area (Å²) in [6.45, 7) is 3.97. The van der Waals surface area contributed by atoms with Gasteiger partial charge < -0.3 is 10.4 Å². The van der Waals surface area contributed by atoms with Gasteiger partial charge in [0.1, 0.15) is 4.88 Å². The summed E-state index contributed by atoms with van der Waals surface area (Å²) >= 11 is 1.42. The second-order valence-corrected chi connectivity index (χ2v) is 4.47. The number of amides is 1. The number of aliphatic hydroxyl groups excluding tert-OH is 1. The van der Waals surface area contributed by atoms with Gasteiger partial charge in [0, 0.05) is 12.6 Å². The molecule has 1 rings (SSSR count). The lowest BCUT2D eigenvalue weighted by Gasteiger charge is -2.10. The van der Waals surface area contributed by atoms with Crippen molar-refractivity contribution in [2.75, 3.05) is 6.61 Å². The monoisotopic (exact) mass is 228 g/mol. The van der Waals surface area contributed by atoms with Crippen molar-refractivity contribution in [3.8, 4) is 0 Å². The molecule has 15 heavy (non-hydrogen) atoms. The fourth-order valence-corrected chi connectivity index (χ4v) is 1.90. The number of carbonyl (C=O) groups excluding carboxylic acids is 1. The normalized spacial score (nSPS) is 12.5. The van der Waals surface area contributed by atoms with Gasteiger partial charge in [-0.3, -0.25) is 4.79 Å². The van der Waals surface area contributed by atoms with Gasteiger partial charge in [-0.15, -0.1) is 11.3 Å². The van der Waals surface area contributed by atoms with E-state index in [9.17, 15) is 4.79 Å². The average molecular weight is 228 g/mol. The van der Waals surface area contributed by atoms with Gasteiger partial charge in [0.15, 0.2) is 0 Å². The lowest BCUT2D eigenvalue weighted by molar-refractivity contribution is 0.0938. The average Bonchev–Trinajstić information content (AvgIpc) is 2.66. The van der Waals surface area contributed by atoms with E-state index in [4.69, 9.17) is 5.11 Å². The molecule has 0 radical (unpaired) electrons. The second kappa shape index (κ2) is 5.82. The lowest BCUT2D eigenvalue weighted by Crippen LogP contribution is -2.32. The minimum atomic E-state index is -0.104. The number of nitrogens with zero attached hydrogens (tertiary/aromatic N) is 1. The van der Waals surface area contributed by atoms with Crippen molar-refractivity contribution < 1.29 is 9.90 Å². The van der Waals surface area contributed by atoms with E-state index in [-0.39, 0.29) is 18.6 Å². The van der Waals surface area contributed by atoms with Gasteiger partial charge in [0.2, 0.25) is 0 Å². The molecule has 0 fully saturated rings. The Morgan fingerprint density at radius 1 is 1.73 bits per heavy atom. The highest BCUT2D eigenvalue weighted by Crippen LogP contribution is 2.13. The van der Waals surface area contributed by atoms with Crippen LogP contribution in [0.4, 0.5) is 0 Å². The number of carbonyl (C=O) groups is 1. The molecule has 1 unspecified atom stereocenters. The molecule has 84 valence electrons. The minimum Gasteiger partial charge on any atom is -0.396 e. The third kappa shape index (κ3) is 3.60. The van der Waals surface area contributed by atoms with Gasteiger partial charge in [0.05, 0.1) is 11.2 Å². The Morgan fingerprint density at radius 2 is 2.47 bits per heavy atom. The largest absolute Gasteiger partial charge is 0.396 e. The van der Waals surface area contributed by atoms with Gasteiger partial charge in [0.25, 0.3) is 5.91 Å². The second-order valence-electron chi connectivity index (χ2n) is 3.36. The molecular formula is C10H16N2O2S. The highest BCUT2D eigenvalue weighted by molar-refractivity contribution is 7.13. The quantitative estimate of drug-likeness (QED) is 0.796. The number of thiazole rings is 1. The molecule has 4 nitrogen and oxygen atoms in total. The summed E-state index contributed by atoms with van der Waals surface area (Å²) in [4.78, 5) is 16.4. The molecule has 0 spiro atoms. The van der Waals surface area contributed by atoms with Gasteiger partial charge in [-0.05, 0) is 19.8 Å². The summed E-state index contributed by atoms with van der Waals surface area (Å²) in [7, 11) is 0. The number of rotatable bonds is 5. The molecule has 0 aliphatic heterocycles. The summed E-state index contributed by atoms with van der Waals surface area (Å²) in [5, 5.41) is 12.5. The molecule has 2 N–H and O–H groups in total. The van der Waals surface area contributed by atoms with E-state index in [0.29, 0.717) is 11.3 Å². The van der Waals surface area contributed by atoms with Crippen LogP contribution in [0.15, 0.2) is 6.20 Å². The van der Waals surface area contributed by atoms with Crippen molar-refractivity contribution in [3.63, 3.8) is 0 Å². The number of aromatic nitrogens is 1. The van der Waals surface area contributed by atoms with E-state index in [1.165, 1.54) is 11.3 Å². The van der Waals surface area contributed by atoms with Crippen LogP contribution in [0.2, 0.25) is 0 Å². The van der Waals surface area contributed by atoms with Crippen LogP contribution in [0.1, 0.15) is 34.9 Å². The van der Waals surface area contributed by atoms with Gasteiger partial charge in [-0.2, -0.15) is 0 Å². The van der Waals surface area contributed by atoms with E-state index < -0.39 is 0 Å². The summed E-state index contributed by atoms with van der Waals surface area (Å²) in [6.07, 6.45) is 3.03. The van der Waals surface area contributed by atoms with Crippen LogP contribution in [-0.2, 0) is 6.42 Å². The van der Waals surface area contributed by atoms with Crippen molar-refractivity contribution in [2.24, 2.45) is 0 Å². The highest BCUT2D eigenvalue weighted by atomic mass is 32.1. The molecular weight excluding hydrogens is 212 g/mol. The molecule has 1 aromatic rings. The van der Waals surface area contributed by atoms with E-state index in [1.54, 1.807) is 6.20 Å². The third-order valence-electron chi connectivity index (χ3n) is 2.02. The highest BCUT2D eigenvalue weighted by Gasteiger charge is 2.12. The Hall–Kier alpha value is -0.940. The predicted octanol–water partition coefficient (Wildman–Crippen LogP) is 1.21. The summed E-state index contributed by atoms with van der Waals surface area (Å²) in [6, 6.07) is -0.00493. The van der Waals surface area contributed by atoms with Crippen molar-refractivity contribution in [3.05, 3.63) is 16.1 Å². The molecule has 0 bridgehead atoms. The van der Waals surface area contributed by atoms with E-state index in [0.717, 1.165) is 11.4 Å². The van der Waals surface area contributed by atoms with Crippen LogP contribution in [-0.4, -0.2) is 28.6 Å². The van der Waals surface area contributed by atoms with Crippen molar-refractivity contribution in [2.45, 2.75) is 32.7 Å². The van der Waals surface area contributed by atoms with E-state index in [2.05, 4.69) is 10.3 Å². The van der Waals surface area contributed by atoms with Gasteiger partial charge in [-0.1, -0.05) is 6.92 Å². The predicted molar refractivity (Wildman–Crippen MR) is 60.1 cm³/mol. The number of nitrogens with one attached hydrogen (secondary N) is 1. The van der Waals surface area contributed by atoms with Crippen LogP contribution in [0.25, 0.3) is 0 Å². The van der Waals surface area contributed by atoms with Crippen LogP contribution in [0.3, 0.4) is 0 Å². The molecule has 1 heterocycles. The van der Waals surface area contributed by atoms with Crippen LogP contribution in [0.5, 0.6) is 0 Å². The Labute approximate surface area is 93.4 Å². The zero-order valence-electron chi connectivity index (χ0n) is 8.99. The smallest absolute Gasteiger partial charge is 0.263 e. The Kier molecular flexibility index (Phi) is 4.71. The van der Waals surface area contributed by atoms with Crippen molar-refractivity contribution >= 4 is 17.2 Å². The van der Waals surface area contributed by atoms with Crippen molar-refractivity contribution in [1.29, 1.82) is 0 Å². The Bertz CT molecular complexity index is 325. The number of hydrogen-bond donors (Lipinski definition) is 2. The first kappa shape index (κ1) is 12.1.